The minimum absolute atomic E-state index is 0.0322. The summed E-state index contributed by atoms with van der Waals surface area (Å²) in [6, 6.07) is 9.82. The van der Waals surface area contributed by atoms with Gasteiger partial charge in [-0.25, -0.2) is 4.79 Å². The van der Waals surface area contributed by atoms with E-state index in [2.05, 4.69) is 13.8 Å². The van der Waals surface area contributed by atoms with E-state index < -0.39 is 5.60 Å². The molecule has 4 heteroatoms. The van der Waals surface area contributed by atoms with Crippen LogP contribution in [0.15, 0.2) is 30.3 Å². The summed E-state index contributed by atoms with van der Waals surface area (Å²) in [5.41, 5.74) is 0.508. The van der Waals surface area contributed by atoms with Crippen LogP contribution in [0.2, 0.25) is 0 Å². The Balaban J connectivity index is 3.02. The summed E-state index contributed by atoms with van der Waals surface area (Å²) in [5, 5.41) is 0. The summed E-state index contributed by atoms with van der Waals surface area (Å²) in [6.45, 7) is 10.2. The van der Waals surface area contributed by atoms with E-state index in [0.717, 1.165) is 11.8 Å². The van der Waals surface area contributed by atoms with E-state index in [9.17, 15) is 9.59 Å². The van der Waals surface area contributed by atoms with Crippen molar-refractivity contribution in [2.45, 2.75) is 65.6 Å². The van der Waals surface area contributed by atoms with Crippen molar-refractivity contribution in [1.82, 2.24) is 4.90 Å². The van der Waals surface area contributed by atoms with Gasteiger partial charge < -0.3 is 14.4 Å². The van der Waals surface area contributed by atoms with Gasteiger partial charge in [-0.3, -0.25) is 0 Å². The number of hydrogen-bond acceptors (Lipinski definition) is 3. The van der Waals surface area contributed by atoms with Gasteiger partial charge in [-0.1, -0.05) is 44.2 Å². The molecule has 0 unspecified atom stereocenters. The lowest BCUT2D eigenvalue weighted by Crippen LogP contribution is -2.45. The summed E-state index contributed by atoms with van der Waals surface area (Å²) in [7, 11) is 0. The Hall–Kier alpha value is -1.84. The Morgan fingerprint density at radius 2 is 1.83 bits per heavy atom. The number of carbonyl (C=O) groups excluding carboxylic acids is 2. The third-order valence-corrected chi connectivity index (χ3v) is 3.57. The summed E-state index contributed by atoms with van der Waals surface area (Å²) in [5.74, 6) is 0.242. The van der Waals surface area contributed by atoms with Gasteiger partial charge in [-0.2, -0.15) is 0 Å². The molecule has 0 aliphatic heterocycles. The molecule has 0 aromatic heterocycles. The maximum absolute atomic E-state index is 12.7. The van der Waals surface area contributed by atoms with Crippen LogP contribution in [0.5, 0.6) is 0 Å². The quantitative estimate of drug-likeness (QED) is 0.699. The number of nitrogens with zero attached hydrogens (tertiary/aromatic N) is 1. The molecule has 1 aromatic carbocycles. The first-order valence-electron chi connectivity index (χ1n) is 8.21. The van der Waals surface area contributed by atoms with Gasteiger partial charge in [0.2, 0.25) is 0 Å². The largest absolute Gasteiger partial charge is 0.444 e. The van der Waals surface area contributed by atoms with E-state index in [1.807, 2.05) is 51.1 Å². The van der Waals surface area contributed by atoms with Crippen LogP contribution in [0, 0.1) is 5.92 Å². The second kappa shape index (κ2) is 8.70. The van der Waals surface area contributed by atoms with Crippen LogP contribution in [0.3, 0.4) is 0 Å². The SMILES string of the molecule is CC(C)[C@H](CCC=O)N(Cc1ccccc1)C(=O)OC(C)(C)C. The van der Waals surface area contributed by atoms with Crippen molar-refractivity contribution in [3.05, 3.63) is 35.9 Å². The molecule has 0 spiro atoms. The predicted molar refractivity (Wildman–Crippen MR) is 92.1 cm³/mol. The smallest absolute Gasteiger partial charge is 0.410 e. The maximum Gasteiger partial charge on any atom is 0.410 e. The Labute approximate surface area is 139 Å². The van der Waals surface area contributed by atoms with E-state index in [1.54, 1.807) is 4.90 Å². The van der Waals surface area contributed by atoms with Crippen LogP contribution in [0.4, 0.5) is 4.79 Å². The van der Waals surface area contributed by atoms with E-state index in [-0.39, 0.29) is 18.1 Å². The molecule has 0 saturated heterocycles. The summed E-state index contributed by atoms with van der Waals surface area (Å²) in [6.07, 6.45) is 1.67. The lowest BCUT2D eigenvalue weighted by Gasteiger charge is -2.35. The first kappa shape index (κ1) is 19.2. The standard InChI is InChI=1S/C19H29NO3/c1-15(2)17(12-9-13-21)20(18(22)23-19(3,4)5)14-16-10-7-6-8-11-16/h6-8,10-11,13,15,17H,9,12,14H2,1-5H3/t17-/m0/s1. The Kier molecular flexibility index (Phi) is 7.27. The van der Waals surface area contributed by atoms with Crippen molar-refractivity contribution in [3.63, 3.8) is 0 Å². The first-order chi connectivity index (χ1) is 10.7. The fourth-order valence-electron chi connectivity index (χ4n) is 2.51. The molecule has 0 bridgehead atoms. The van der Waals surface area contributed by atoms with Crippen LogP contribution in [-0.2, 0) is 16.1 Å². The zero-order chi connectivity index (χ0) is 17.5. The van der Waals surface area contributed by atoms with Crippen molar-refractivity contribution in [1.29, 1.82) is 0 Å². The van der Waals surface area contributed by atoms with Crippen molar-refractivity contribution >= 4 is 12.4 Å². The fraction of sp³-hybridized carbons (Fsp3) is 0.579. The van der Waals surface area contributed by atoms with Crippen molar-refractivity contribution in [2.75, 3.05) is 0 Å². The normalized spacial score (nSPS) is 12.8. The number of amides is 1. The van der Waals surface area contributed by atoms with Gasteiger partial charge in [0.15, 0.2) is 0 Å². The second-order valence-corrected chi connectivity index (χ2v) is 7.15. The molecule has 1 aromatic rings. The molecule has 1 atom stereocenters. The number of ether oxygens (including phenoxy) is 1. The molecule has 0 aliphatic carbocycles. The fourth-order valence-corrected chi connectivity index (χ4v) is 2.51. The highest BCUT2D eigenvalue weighted by molar-refractivity contribution is 5.68. The summed E-state index contributed by atoms with van der Waals surface area (Å²) < 4.78 is 5.58. The highest BCUT2D eigenvalue weighted by Crippen LogP contribution is 2.22. The van der Waals surface area contributed by atoms with Gasteiger partial charge in [0.1, 0.15) is 11.9 Å². The highest BCUT2D eigenvalue weighted by Gasteiger charge is 2.30. The maximum atomic E-state index is 12.7. The number of benzene rings is 1. The van der Waals surface area contributed by atoms with E-state index in [0.29, 0.717) is 19.4 Å². The van der Waals surface area contributed by atoms with Crippen molar-refractivity contribution in [2.24, 2.45) is 5.92 Å². The predicted octanol–water partition coefficient (Wildman–Crippen LogP) is 4.43. The van der Waals surface area contributed by atoms with Crippen LogP contribution in [0.25, 0.3) is 0 Å². The zero-order valence-electron chi connectivity index (χ0n) is 14.9. The van der Waals surface area contributed by atoms with Crippen LogP contribution in [-0.4, -0.2) is 28.9 Å². The molecule has 1 amide bonds. The summed E-state index contributed by atoms with van der Waals surface area (Å²) >= 11 is 0. The lowest BCUT2D eigenvalue weighted by molar-refractivity contribution is -0.108. The van der Waals surface area contributed by atoms with Gasteiger partial charge in [-0.15, -0.1) is 0 Å². The number of aldehydes is 1. The number of carbonyl (C=O) groups is 2. The average Bonchev–Trinajstić information content (AvgIpc) is 2.45. The van der Waals surface area contributed by atoms with Gasteiger partial charge in [0.25, 0.3) is 0 Å². The molecule has 0 saturated carbocycles. The Morgan fingerprint density at radius 3 is 2.30 bits per heavy atom. The molecular weight excluding hydrogens is 290 g/mol. The molecule has 0 aliphatic rings. The zero-order valence-corrected chi connectivity index (χ0v) is 14.9. The Morgan fingerprint density at radius 1 is 1.22 bits per heavy atom. The third-order valence-electron chi connectivity index (χ3n) is 3.57. The number of rotatable bonds is 7. The molecule has 1 rings (SSSR count). The summed E-state index contributed by atoms with van der Waals surface area (Å²) in [4.78, 5) is 25.2. The molecule has 0 heterocycles. The molecule has 23 heavy (non-hydrogen) atoms. The first-order valence-corrected chi connectivity index (χ1v) is 8.21. The van der Waals surface area contributed by atoms with E-state index in [1.165, 1.54) is 0 Å². The van der Waals surface area contributed by atoms with Crippen molar-refractivity contribution < 1.29 is 14.3 Å². The molecule has 0 N–H and O–H groups in total. The third kappa shape index (κ3) is 6.85. The molecular formula is C19H29NO3. The van der Waals surface area contributed by atoms with E-state index in [4.69, 9.17) is 4.74 Å². The van der Waals surface area contributed by atoms with Gasteiger partial charge >= 0.3 is 6.09 Å². The van der Waals surface area contributed by atoms with Gasteiger partial charge in [-0.05, 0) is 38.7 Å². The van der Waals surface area contributed by atoms with Crippen molar-refractivity contribution in [3.8, 4) is 0 Å². The number of hydrogen-bond donors (Lipinski definition) is 0. The topological polar surface area (TPSA) is 46.6 Å². The average molecular weight is 319 g/mol. The van der Waals surface area contributed by atoms with Gasteiger partial charge in [0.05, 0.1) is 0 Å². The van der Waals surface area contributed by atoms with Crippen LogP contribution in [0.1, 0.15) is 53.0 Å². The molecule has 0 radical (unpaired) electrons. The lowest BCUT2D eigenvalue weighted by atomic mass is 9.97. The van der Waals surface area contributed by atoms with Gasteiger partial charge in [0, 0.05) is 19.0 Å². The van der Waals surface area contributed by atoms with Crippen LogP contribution < -0.4 is 0 Å². The monoisotopic (exact) mass is 319 g/mol. The molecule has 0 fully saturated rings. The minimum Gasteiger partial charge on any atom is -0.444 e. The molecule has 4 nitrogen and oxygen atoms in total. The minimum atomic E-state index is -0.543. The highest BCUT2D eigenvalue weighted by atomic mass is 16.6. The second-order valence-electron chi connectivity index (χ2n) is 7.15. The Bertz CT molecular complexity index is 491. The molecule has 128 valence electrons. The van der Waals surface area contributed by atoms with E-state index >= 15 is 0 Å². The van der Waals surface area contributed by atoms with Crippen LogP contribution >= 0.6 is 0 Å².